The molecule has 3 nitrogen and oxygen atoms in total. The number of pyridine rings is 1. The molecule has 0 bridgehead atoms. The second-order valence-electron chi connectivity index (χ2n) is 4.38. The van der Waals surface area contributed by atoms with Crippen LogP contribution in [-0.4, -0.2) is 12.0 Å². The summed E-state index contributed by atoms with van der Waals surface area (Å²) in [5, 5.41) is 3.23. The van der Waals surface area contributed by atoms with Crippen molar-refractivity contribution >= 4 is 15.9 Å². The summed E-state index contributed by atoms with van der Waals surface area (Å²) < 4.78 is 7.04. The number of hydrogen-bond donors (Lipinski definition) is 1. The minimum Gasteiger partial charge on any atom is -0.455 e. The molecule has 0 spiro atoms. The lowest BCUT2D eigenvalue weighted by Gasteiger charge is -2.17. The average Bonchev–Trinajstić information content (AvgIpc) is 2.42. The smallest absolute Gasteiger partial charge is 0.148 e. The molecule has 0 aliphatic rings. The summed E-state index contributed by atoms with van der Waals surface area (Å²) in [5.74, 6) is 1.63. The number of aryl methyl sites for hydroxylation is 1. The maximum absolute atomic E-state index is 5.99. The lowest BCUT2D eigenvalue weighted by molar-refractivity contribution is 0.460. The first-order valence-electron chi connectivity index (χ1n) is 6.18. The normalized spacial score (nSPS) is 12.2. The van der Waals surface area contributed by atoms with Gasteiger partial charge in [0.2, 0.25) is 0 Å². The Bertz CT molecular complexity index is 572. The van der Waals surface area contributed by atoms with Crippen LogP contribution in [-0.2, 0) is 0 Å². The van der Waals surface area contributed by atoms with Gasteiger partial charge in [0.25, 0.3) is 0 Å². The predicted octanol–water partition coefficient (Wildman–Crippen LogP) is 4.23. The summed E-state index contributed by atoms with van der Waals surface area (Å²) in [4.78, 5) is 4.24. The molecule has 4 heteroatoms. The topological polar surface area (TPSA) is 34.1 Å². The van der Waals surface area contributed by atoms with Crippen molar-refractivity contribution in [3.8, 4) is 11.5 Å². The molecule has 1 atom stereocenters. The zero-order valence-corrected chi connectivity index (χ0v) is 12.9. The number of ether oxygens (including phenoxy) is 1. The van der Waals surface area contributed by atoms with Gasteiger partial charge in [-0.25, -0.2) is 0 Å². The second-order valence-corrected chi connectivity index (χ2v) is 5.30. The first-order chi connectivity index (χ1) is 9.11. The molecule has 0 saturated carbocycles. The highest BCUT2D eigenvalue weighted by atomic mass is 79.9. The van der Waals surface area contributed by atoms with E-state index in [1.54, 1.807) is 6.20 Å². The molecule has 0 fully saturated rings. The zero-order valence-electron chi connectivity index (χ0n) is 11.3. The molecule has 2 aromatic rings. The van der Waals surface area contributed by atoms with Crippen LogP contribution in [0.4, 0.5) is 0 Å². The van der Waals surface area contributed by atoms with Gasteiger partial charge in [-0.15, -0.1) is 0 Å². The molecular formula is C15H17BrN2O. The molecule has 0 saturated heterocycles. The van der Waals surface area contributed by atoms with Gasteiger partial charge < -0.3 is 10.1 Å². The molecule has 0 radical (unpaired) electrons. The first-order valence-corrected chi connectivity index (χ1v) is 6.97. The summed E-state index contributed by atoms with van der Waals surface area (Å²) in [7, 11) is 1.94. The molecule has 1 aromatic heterocycles. The number of aromatic nitrogens is 1. The number of rotatable bonds is 4. The summed E-state index contributed by atoms with van der Waals surface area (Å²) in [5.41, 5.74) is 1.99. The van der Waals surface area contributed by atoms with Gasteiger partial charge in [-0.3, -0.25) is 4.98 Å². The Hall–Kier alpha value is -1.39. The van der Waals surface area contributed by atoms with Crippen molar-refractivity contribution in [2.45, 2.75) is 19.9 Å². The standard InChI is InChI=1S/C15H17BrN2O/c1-10(17-3)13-9-12(16)6-7-15(13)19-14-5-4-8-18-11(14)2/h4-10,17H,1-3H3. The number of hydrogen-bond acceptors (Lipinski definition) is 3. The van der Waals surface area contributed by atoms with E-state index in [0.29, 0.717) is 0 Å². The van der Waals surface area contributed by atoms with Crippen molar-refractivity contribution in [2.24, 2.45) is 0 Å². The fourth-order valence-corrected chi connectivity index (χ4v) is 2.18. The highest BCUT2D eigenvalue weighted by Gasteiger charge is 2.12. The predicted molar refractivity (Wildman–Crippen MR) is 80.7 cm³/mol. The van der Waals surface area contributed by atoms with Crippen molar-refractivity contribution in [3.05, 3.63) is 52.3 Å². The SMILES string of the molecule is CNC(C)c1cc(Br)ccc1Oc1cccnc1C. The van der Waals surface area contributed by atoms with Crippen molar-refractivity contribution in [2.75, 3.05) is 7.05 Å². The monoisotopic (exact) mass is 320 g/mol. The minimum atomic E-state index is 0.212. The van der Waals surface area contributed by atoms with Gasteiger partial charge in [0, 0.05) is 22.3 Å². The third-order valence-electron chi connectivity index (χ3n) is 3.05. The van der Waals surface area contributed by atoms with E-state index in [1.807, 2.05) is 38.2 Å². The highest BCUT2D eigenvalue weighted by Crippen LogP contribution is 2.32. The van der Waals surface area contributed by atoms with Crippen LogP contribution in [0, 0.1) is 6.92 Å². The van der Waals surface area contributed by atoms with E-state index in [-0.39, 0.29) is 6.04 Å². The number of halogens is 1. The fourth-order valence-electron chi connectivity index (χ4n) is 1.80. The highest BCUT2D eigenvalue weighted by molar-refractivity contribution is 9.10. The van der Waals surface area contributed by atoms with E-state index in [2.05, 4.69) is 39.2 Å². The lowest BCUT2D eigenvalue weighted by atomic mass is 10.1. The van der Waals surface area contributed by atoms with Crippen LogP contribution >= 0.6 is 15.9 Å². The van der Waals surface area contributed by atoms with Crippen LogP contribution in [0.25, 0.3) is 0 Å². The van der Waals surface area contributed by atoms with Gasteiger partial charge in [-0.1, -0.05) is 15.9 Å². The Labute approximate surface area is 122 Å². The summed E-state index contributed by atoms with van der Waals surface area (Å²) in [6, 6.07) is 10.0. The Balaban J connectivity index is 2.37. The van der Waals surface area contributed by atoms with Crippen LogP contribution in [0.15, 0.2) is 41.0 Å². The molecule has 0 amide bonds. The molecule has 19 heavy (non-hydrogen) atoms. The van der Waals surface area contributed by atoms with E-state index < -0.39 is 0 Å². The van der Waals surface area contributed by atoms with Gasteiger partial charge in [-0.2, -0.15) is 0 Å². The van der Waals surface area contributed by atoms with E-state index in [9.17, 15) is 0 Å². The van der Waals surface area contributed by atoms with Crippen molar-refractivity contribution in [3.63, 3.8) is 0 Å². The van der Waals surface area contributed by atoms with Gasteiger partial charge in [0.05, 0.1) is 5.69 Å². The fraction of sp³-hybridized carbons (Fsp3) is 0.267. The van der Waals surface area contributed by atoms with Crippen molar-refractivity contribution < 1.29 is 4.74 Å². The Morgan fingerprint density at radius 1 is 1.26 bits per heavy atom. The summed E-state index contributed by atoms with van der Waals surface area (Å²) in [6.07, 6.45) is 1.76. The van der Waals surface area contributed by atoms with Crippen molar-refractivity contribution in [1.29, 1.82) is 0 Å². The van der Waals surface area contributed by atoms with E-state index in [1.165, 1.54) is 0 Å². The van der Waals surface area contributed by atoms with Gasteiger partial charge in [0.15, 0.2) is 0 Å². The number of nitrogens with zero attached hydrogens (tertiary/aromatic N) is 1. The molecule has 1 unspecified atom stereocenters. The van der Waals surface area contributed by atoms with Gasteiger partial charge >= 0.3 is 0 Å². The van der Waals surface area contributed by atoms with Gasteiger partial charge in [0.1, 0.15) is 11.5 Å². The third-order valence-corrected chi connectivity index (χ3v) is 3.54. The van der Waals surface area contributed by atoms with Crippen LogP contribution in [0.2, 0.25) is 0 Å². The number of benzene rings is 1. The zero-order chi connectivity index (χ0) is 13.8. The summed E-state index contributed by atoms with van der Waals surface area (Å²) in [6.45, 7) is 4.04. The Kier molecular flexibility index (Phi) is 4.56. The molecule has 0 aliphatic heterocycles. The molecular weight excluding hydrogens is 304 g/mol. The third kappa shape index (κ3) is 3.33. The lowest BCUT2D eigenvalue weighted by Crippen LogP contribution is -2.13. The van der Waals surface area contributed by atoms with E-state index >= 15 is 0 Å². The number of nitrogens with one attached hydrogen (secondary N) is 1. The van der Waals surface area contributed by atoms with E-state index in [4.69, 9.17) is 4.74 Å². The molecule has 1 N–H and O–H groups in total. The molecule has 2 rings (SSSR count). The Morgan fingerprint density at radius 2 is 2.05 bits per heavy atom. The molecule has 0 aliphatic carbocycles. The van der Waals surface area contributed by atoms with Crippen LogP contribution < -0.4 is 10.1 Å². The summed E-state index contributed by atoms with van der Waals surface area (Å²) >= 11 is 3.50. The maximum Gasteiger partial charge on any atom is 0.148 e. The molecule has 1 heterocycles. The largest absolute Gasteiger partial charge is 0.455 e. The minimum absolute atomic E-state index is 0.212. The molecule has 100 valence electrons. The van der Waals surface area contributed by atoms with Crippen LogP contribution in [0.3, 0.4) is 0 Å². The van der Waals surface area contributed by atoms with Crippen LogP contribution in [0.1, 0.15) is 24.2 Å². The second kappa shape index (κ2) is 6.17. The average molecular weight is 321 g/mol. The van der Waals surface area contributed by atoms with Crippen molar-refractivity contribution in [1.82, 2.24) is 10.3 Å². The molecule has 1 aromatic carbocycles. The Morgan fingerprint density at radius 3 is 2.74 bits per heavy atom. The first kappa shape index (κ1) is 14.0. The van der Waals surface area contributed by atoms with E-state index in [0.717, 1.165) is 27.2 Å². The quantitative estimate of drug-likeness (QED) is 0.915. The maximum atomic E-state index is 5.99. The van der Waals surface area contributed by atoms with Crippen LogP contribution in [0.5, 0.6) is 11.5 Å². The van der Waals surface area contributed by atoms with Gasteiger partial charge in [-0.05, 0) is 51.2 Å².